The number of nitrogens with zero attached hydrogens (tertiary/aromatic N) is 2. The number of aliphatic imine (C=N–C) groups is 1. The molecule has 2 N–H and O–H groups in total. The molecule has 0 aliphatic rings. The van der Waals surface area contributed by atoms with Crippen LogP contribution in [0.3, 0.4) is 0 Å². The van der Waals surface area contributed by atoms with Gasteiger partial charge in [0.05, 0.1) is 6.54 Å². The van der Waals surface area contributed by atoms with Crippen LogP contribution in [-0.4, -0.2) is 50.1 Å². The molecule has 0 bridgehead atoms. The predicted molar refractivity (Wildman–Crippen MR) is 85.8 cm³/mol. The molecule has 0 atom stereocenters. The third-order valence-corrected chi connectivity index (χ3v) is 3.43. The van der Waals surface area contributed by atoms with Crippen LogP contribution in [0.2, 0.25) is 0 Å². The van der Waals surface area contributed by atoms with Gasteiger partial charge < -0.3 is 15.5 Å². The normalized spacial score (nSPS) is 13.2. The van der Waals surface area contributed by atoms with Crippen LogP contribution >= 0.6 is 0 Å². The lowest BCUT2D eigenvalue weighted by Crippen LogP contribution is -2.44. The maximum Gasteiger partial charge on any atom is 0.191 e. The maximum atomic E-state index is 4.68. The monoisotopic (exact) mass is 270 g/mol. The molecule has 0 radical (unpaired) electrons. The average molecular weight is 270 g/mol. The van der Waals surface area contributed by atoms with Crippen LogP contribution in [0.4, 0.5) is 0 Å². The zero-order valence-corrected chi connectivity index (χ0v) is 14.0. The zero-order valence-electron chi connectivity index (χ0n) is 14.0. The highest BCUT2D eigenvalue weighted by Crippen LogP contribution is 2.09. The molecular weight excluding hydrogens is 236 g/mol. The van der Waals surface area contributed by atoms with E-state index in [4.69, 9.17) is 0 Å². The van der Waals surface area contributed by atoms with Crippen LogP contribution in [0.15, 0.2) is 4.99 Å². The van der Waals surface area contributed by atoms with E-state index in [0.29, 0.717) is 0 Å². The molecule has 0 aliphatic heterocycles. The van der Waals surface area contributed by atoms with Crippen molar-refractivity contribution in [3.63, 3.8) is 0 Å². The Hall–Kier alpha value is -0.770. The van der Waals surface area contributed by atoms with Crippen LogP contribution in [0.25, 0.3) is 0 Å². The number of rotatable bonds is 8. The van der Waals surface area contributed by atoms with E-state index in [1.807, 2.05) is 0 Å². The van der Waals surface area contributed by atoms with E-state index in [9.17, 15) is 0 Å². The Morgan fingerprint density at radius 2 is 1.84 bits per heavy atom. The Labute approximate surface area is 120 Å². The Kier molecular flexibility index (Phi) is 8.81. The van der Waals surface area contributed by atoms with Crippen molar-refractivity contribution in [1.82, 2.24) is 15.5 Å². The highest BCUT2D eigenvalue weighted by Gasteiger charge is 2.19. The van der Waals surface area contributed by atoms with Gasteiger partial charge in [0.1, 0.15) is 0 Å². The van der Waals surface area contributed by atoms with E-state index in [-0.39, 0.29) is 5.54 Å². The fraction of sp³-hybridized carbons (Fsp3) is 0.933. The molecule has 0 aromatic carbocycles. The van der Waals surface area contributed by atoms with Gasteiger partial charge >= 0.3 is 0 Å². The summed E-state index contributed by atoms with van der Waals surface area (Å²) in [5.41, 5.74) is 0.0836. The molecule has 0 rings (SSSR count). The first-order chi connectivity index (χ1) is 8.79. The third kappa shape index (κ3) is 8.87. The topological polar surface area (TPSA) is 39.7 Å². The van der Waals surface area contributed by atoms with Gasteiger partial charge in [0.15, 0.2) is 5.96 Å². The Morgan fingerprint density at radius 3 is 2.32 bits per heavy atom. The quantitative estimate of drug-likeness (QED) is 0.404. The van der Waals surface area contributed by atoms with Gasteiger partial charge in [-0.25, -0.2) is 0 Å². The van der Waals surface area contributed by atoms with E-state index in [2.05, 4.69) is 69.2 Å². The summed E-state index contributed by atoms with van der Waals surface area (Å²) in [7, 11) is 4.19. The lowest BCUT2D eigenvalue weighted by atomic mass is 10.1. The highest BCUT2D eigenvalue weighted by molar-refractivity contribution is 5.79. The first-order valence-electron chi connectivity index (χ1n) is 7.49. The molecule has 114 valence electrons. The molecule has 0 aliphatic carbocycles. The second-order valence-electron chi connectivity index (χ2n) is 6.36. The Morgan fingerprint density at radius 1 is 1.21 bits per heavy atom. The van der Waals surface area contributed by atoms with Gasteiger partial charge in [-0.3, -0.25) is 4.99 Å². The Bertz CT molecular complexity index is 257. The van der Waals surface area contributed by atoms with E-state index >= 15 is 0 Å². The summed E-state index contributed by atoms with van der Waals surface area (Å²) in [4.78, 5) is 6.88. The van der Waals surface area contributed by atoms with Crippen LogP contribution < -0.4 is 10.6 Å². The van der Waals surface area contributed by atoms with Gasteiger partial charge in [-0.15, -0.1) is 0 Å². The minimum atomic E-state index is 0.0836. The molecule has 0 unspecified atom stereocenters. The molecule has 0 spiro atoms. The van der Waals surface area contributed by atoms with Crippen molar-refractivity contribution in [2.24, 2.45) is 10.9 Å². The summed E-state index contributed by atoms with van der Waals surface area (Å²) >= 11 is 0. The first kappa shape index (κ1) is 18.2. The van der Waals surface area contributed by atoms with Crippen molar-refractivity contribution >= 4 is 5.96 Å². The maximum absolute atomic E-state index is 4.68. The summed E-state index contributed by atoms with van der Waals surface area (Å²) < 4.78 is 0. The molecule has 4 heteroatoms. The third-order valence-electron chi connectivity index (χ3n) is 3.43. The minimum Gasteiger partial charge on any atom is -0.357 e. The minimum absolute atomic E-state index is 0.0836. The van der Waals surface area contributed by atoms with Gasteiger partial charge in [-0.1, -0.05) is 13.8 Å². The van der Waals surface area contributed by atoms with Crippen molar-refractivity contribution in [1.29, 1.82) is 0 Å². The first-order valence-corrected chi connectivity index (χ1v) is 7.49. The lowest BCUT2D eigenvalue weighted by Gasteiger charge is -2.31. The Balaban J connectivity index is 4.23. The van der Waals surface area contributed by atoms with E-state index in [0.717, 1.165) is 31.5 Å². The number of guanidine groups is 1. The van der Waals surface area contributed by atoms with Crippen molar-refractivity contribution in [3.05, 3.63) is 0 Å². The number of hydrogen-bond acceptors (Lipinski definition) is 2. The van der Waals surface area contributed by atoms with Gasteiger partial charge in [0.25, 0.3) is 0 Å². The van der Waals surface area contributed by atoms with Crippen LogP contribution in [-0.2, 0) is 0 Å². The average Bonchev–Trinajstić information content (AvgIpc) is 2.31. The largest absolute Gasteiger partial charge is 0.357 e. The summed E-state index contributed by atoms with van der Waals surface area (Å²) in [6, 6.07) is 0. The standard InChI is InChI=1S/C15H34N4/c1-8-16-14(17-11-9-10-13(2)3)18-12-15(4,5)19(6)7/h13H,8-12H2,1-7H3,(H2,16,17,18). The molecule has 0 aromatic rings. The van der Waals surface area contributed by atoms with Crippen LogP contribution in [0.1, 0.15) is 47.5 Å². The molecule has 0 amide bonds. The van der Waals surface area contributed by atoms with E-state index < -0.39 is 0 Å². The summed E-state index contributed by atoms with van der Waals surface area (Å²) in [5.74, 6) is 1.70. The molecule has 0 saturated heterocycles. The molecule has 0 saturated carbocycles. The van der Waals surface area contributed by atoms with Gasteiger partial charge in [0, 0.05) is 18.6 Å². The summed E-state index contributed by atoms with van der Waals surface area (Å²) in [6.45, 7) is 13.7. The smallest absolute Gasteiger partial charge is 0.191 e. The number of likely N-dealkylation sites (N-methyl/N-ethyl adjacent to an activating group) is 1. The van der Waals surface area contributed by atoms with Crippen molar-refractivity contribution in [2.75, 3.05) is 33.7 Å². The van der Waals surface area contributed by atoms with Gasteiger partial charge in [-0.05, 0) is 53.6 Å². The van der Waals surface area contributed by atoms with Gasteiger partial charge in [-0.2, -0.15) is 0 Å². The second-order valence-corrected chi connectivity index (χ2v) is 6.36. The number of hydrogen-bond donors (Lipinski definition) is 2. The van der Waals surface area contributed by atoms with Crippen molar-refractivity contribution in [3.8, 4) is 0 Å². The van der Waals surface area contributed by atoms with Crippen molar-refractivity contribution in [2.45, 2.75) is 53.0 Å². The molecular formula is C15H34N4. The molecule has 19 heavy (non-hydrogen) atoms. The fourth-order valence-electron chi connectivity index (χ4n) is 1.47. The molecule has 0 fully saturated rings. The van der Waals surface area contributed by atoms with E-state index in [1.165, 1.54) is 12.8 Å². The van der Waals surface area contributed by atoms with Gasteiger partial charge in [0.2, 0.25) is 0 Å². The summed E-state index contributed by atoms with van der Waals surface area (Å²) in [5, 5.41) is 6.71. The fourth-order valence-corrected chi connectivity index (χ4v) is 1.47. The van der Waals surface area contributed by atoms with Crippen molar-refractivity contribution < 1.29 is 0 Å². The van der Waals surface area contributed by atoms with Crippen LogP contribution in [0.5, 0.6) is 0 Å². The molecule has 4 nitrogen and oxygen atoms in total. The molecule has 0 aromatic heterocycles. The highest BCUT2D eigenvalue weighted by atomic mass is 15.2. The SMILES string of the molecule is CCNC(=NCC(C)(C)N(C)C)NCCCC(C)C. The number of nitrogens with one attached hydrogen (secondary N) is 2. The summed E-state index contributed by atoms with van der Waals surface area (Å²) in [6.07, 6.45) is 2.45. The second kappa shape index (κ2) is 9.18. The predicted octanol–water partition coefficient (Wildman–Crippen LogP) is 2.32. The lowest BCUT2D eigenvalue weighted by molar-refractivity contribution is 0.204. The van der Waals surface area contributed by atoms with Crippen LogP contribution in [0, 0.1) is 5.92 Å². The zero-order chi connectivity index (χ0) is 14.9. The van der Waals surface area contributed by atoms with E-state index in [1.54, 1.807) is 0 Å². The molecule has 0 heterocycles.